The zero-order valence-electron chi connectivity index (χ0n) is 42.9. The molecule has 2 heterocycles. The van der Waals surface area contributed by atoms with Crippen molar-refractivity contribution < 1.29 is 69.0 Å². The Morgan fingerprint density at radius 3 is 1.34 bits per heavy atom. The van der Waals surface area contributed by atoms with E-state index in [9.17, 15) is 40.5 Å². The lowest BCUT2D eigenvalue weighted by Crippen LogP contribution is -2.61. The van der Waals surface area contributed by atoms with Crippen molar-refractivity contribution in [3.05, 3.63) is 12.2 Å². The summed E-state index contributed by atoms with van der Waals surface area (Å²) >= 11 is 0. The van der Waals surface area contributed by atoms with Gasteiger partial charge in [0.05, 0.1) is 26.4 Å². The zero-order valence-corrected chi connectivity index (χ0v) is 42.9. The number of allylic oxidation sites excluding steroid dienone is 2. The summed E-state index contributed by atoms with van der Waals surface area (Å²) in [5.74, 6) is -0.377. The second-order valence-electron chi connectivity index (χ2n) is 19.8. The number of carbonyl (C=O) groups is 1. The topological polar surface area (TPSA) is 214 Å². The van der Waals surface area contributed by atoms with Gasteiger partial charge in [0.25, 0.3) is 0 Å². The van der Waals surface area contributed by atoms with Gasteiger partial charge >= 0.3 is 5.97 Å². The number of hydrogen-bond acceptors (Lipinski definition) is 14. The summed E-state index contributed by atoms with van der Waals surface area (Å²) in [5, 5.41) is 72.0. The SMILES string of the molecule is CCCCCCCCCC/C=C\CCCCCCCCCCCCCCCCOCC(COC1OC(COC2OC(CO)C(O)C(O)C2O)C(O)C(O)C1O)OC(=O)CCCCCCCCCC. The molecule has 402 valence electrons. The lowest BCUT2D eigenvalue weighted by molar-refractivity contribution is -0.332. The van der Waals surface area contributed by atoms with Crippen molar-refractivity contribution in [2.45, 2.75) is 293 Å². The molecule has 2 aliphatic rings. The Morgan fingerprint density at radius 1 is 0.471 bits per heavy atom. The fourth-order valence-corrected chi connectivity index (χ4v) is 8.99. The van der Waals surface area contributed by atoms with Gasteiger partial charge in [-0.25, -0.2) is 0 Å². The molecule has 14 heteroatoms. The van der Waals surface area contributed by atoms with Crippen LogP contribution < -0.4 is 0 Å². The monoisotopic (exact) mass is 975 g/mol. The van der Waals surface area contributed by atoms with Gasteiger partial charge < -0.3 is 64.2 Å². The molecule has 0 bridgehead atoms. The van der Waals surface area contributed by atoms with Gasteiger partial charge in [0.15, 0.2) is 12.6 Å². The van der Waals surface area contributed by atoms with E-state index >= 15 is 0 Å². The summed E-state index contributed by atoms with van der Waals surface area (Å²) in [7, 11) is 0. The molecule has 2 rings (SSSR count). The van der Waals surface area contributed by atoms with Gasteiger partial charge in [-0.3, -0.25) is 4.79 Å². The van der Waals surface area contributed by atoms with Crippen LogP contribution in [0.25, 0.3) is 0 Å². The third-order valence-corrected chi connectivity index (χ3v) is 13.5. The molecule has 0 amide bonds. The lowest BCUT2D eigenvalue weighted by Gasteiger charge is -2.42. The van der Waals surface area contributed by atoms with Crippen molar-refractivity contribution in [2.75, 3.05) is 33.0 Å². The molecule has 0 saturated carbocycles. The van der Waals surface area contributed by atoms with Crippen LogP contribution in [0.15, 0.2) is 12.2 Å². The number of rotatable bonds is 45. The van der Waals surface area contributed by atoms with Crippen molar-refractivity contribution >= 4 is 5.97 Å². The van der Waals surface area contributed by atoms with Crippen LogP contribution in [-0.2, 0) is 33.2 Å². The largest absolute Gasteiger partial charge is 0.457 e. The molecule has 11 unspecified atom stereocenters. The molecule has 0 aromatic carbocycles. The quantitative estimate of drug-likeness (QED) is 0.0172. The number of carbonyl (C=O) groups excluding carboxylic acids is 1. The minimum atomic E-state index is -1.70. The maximum absolute atomic E-state index is 12.9. The third kappa shape index (κ3) is 29.3. The van der Waals surface area contributed by atoms with E-state index < -0.39 is 80.7 Å². The highest BCUT2D eigenvalue weighted by atomic mass is 16.7. The van der Waals surface area contributed by atoms with E-state index in [1.54, 1.807) is 0 Å². The number of ether oxygens (including phenoxy) is 6. The Balaban J connectivity index is 1.62. The second-order valence-corrected chi connectivity index (χ2v) is 19.8. The predicted octanol–water partition coefficient (Wildman–Crippen LogP) is 9.02. The summed E-state index contributed by atoms with van der Waals surface area (Å²) in [4.78, 5) is 12.9. The first kappa shape index (κ1) is 62.8. The fraction of sp³-hybridized carbons (Fsp3) is 0.944. The highest BCUT2D eigenvalue weighted by Crippen LogP contribution is 2.27. The van der Waals surface area contributed by atoms with Gasteiger partial charge in [-0.15, -0.1) is 0 Å². The Kier molecular flexibility index (Phi) is 39.1. The average molecular weight is 975 g/mol. The standard InChI is InChI=1S/C54H102O14/c1-3-5-7-9-11-13-14-15-16-17-18-19-20-21-22-23-24-25-26-27-28-29-30-32-34-36-38-63-40-43(66-46(56)37-35-33-31-12-10-8-6-4-2)41-64-53-52(62)50(60)48(58)45(68-53)42-65-54-51(61)49(59)47(57)44(39-55)67-54/h17-18,43-45,47-55,57-62H,3-16,19-42H2,1-2H3/b18-17-. The molecule has 2 saturated heterocycles. The van der Waals surface area contributed by atoms with E-state index in [1.807, 2.05) is 0 Å². The Labute approximate surface area is 412 Å². The summed E-state index contributed by atoms with van der Waals surface area (Å²) in [6.07, 6.45) is 28.8. The van der Waals surface area contributed by atoms with Gasteiger partial charge in [0.2, 0.25) is 0 Å². The molecular formula is C54H102O14. The van der Waals surface area contributed by atoms with Crippen LogP contribution >= 0.6 is 0 Å². The molecule has 0 aliphatic carbocycles. The molecule has 0 radical (unpaired) electrons. The van der Waals surface area contributed by atoms with Crippen LogP contribution in [0.5, 0.6) is 0 Å². The van der Waals surface area contributed by atoms with Crippen LogP contribution in [0, 0.1) is 0 Å². The number of unbranched alkanes of at least 4 members (excludes halogenated alkanes) is 29. The minimum Gasteiger partial charge on any atom is -0.457 e. The smallest absolute Gasteiger partial charge is 0.306 e. The van der Waals surface area contributed by atoms with Crippen LogP contribution in [0.2, 0.25) is 0 Å². The third-order valence-electron chi connectivity index (χ3n) is 13.5. The van der Waals surface area contributed by atoms with Gasteiger partial charge in [0.1, 0.15) is 54.9 Å². The minimum absolute atomic E-state index is 0.0671. The molecule has 11 atom stereocenters. The highest BCUT2D eigenvalue weighted by molar-refractivity contribution is 5.69. The maximum Gasteiger partial charge on any atom is 0.306 e. The first-order valence-corrected chi connectivity index (χ1v) is 27.8. The van der Waals surface area contributed by atoms with Crippen molar-refractivity contribution in [1.82, 2.24) is 0 Å². The first-order valence-electron chi connectivity index (χ1n) is 27.8. The van der Waals surface area contributed by atoms with Crippen LogP contribution in [0.3, 0.4) is 0 Å². The molecule has 2 aliphatic heterocycles. The Bertz CT molecular complexity index is 1180. The van der Waals surface area contributed by atoms with Crippen molar-refractivity contribution in [3.63, 3.8) is 0 Å². The summed E-state index contributed by atoms with van der Waals surface area (Å²) in [6.45, 7) is 3.68. The van der Waals surface area contributed by atoms with Crippen LogP contribution in [-0.4, -0.2) is 142 Å². The van der Waals surface area contributed by atoms with Crippen molar-refractivity contribution in [1.29, 1.82) is 0 Å². The zero-order chi connectivity index (χ0) is 49.5. The van der Waals surface area contributed by atoms with E-state index in [2.05, 4.69) is 26.0 Å². The van der Waals surface area contributed by atoms with E-state index in [1.165, 1.54) is 161 Å². The molecule has 14 nitrogen and oxygen atoms in total. The van der Waals surface area contributed by atoms with Crippen molar-refractivity contribution in [3.8, 4) is 0 Å². The van der Waals surface area contributed by atoms with Gasteiger partial charge in [-0.2, -0.15) is 0 Å². The number of hydrogen-bond donors (Lipinski definition) is 7. The molecule has 0 aromatic rings. The van der Waals surface area contributed by atoms with Gasteiger partial charge in [-0.1, -0.05) is 193 Å². The maximum atomic E-state index is 12.9. The van der Waals surface area contributed by atoms with E-state index in [0.29, 0.717) is 13.0 Å². The molecule has 2 fully saturated rings. The molecular weight excluding hydrogens is 873 g/mol. The molecule has 0 spiro atoms. The summed E-state index contributed by atoms with van der Waals surface area (Å²) in [6, 6.07) is 0. The summed E-state index contributed by atoms with van der Waals surface area (Å²) in [5.41, 5.74) is 0. The molecule has 7 N–H and O–H groups in total. The number of aliphatic hydroxyl groups is 7. The van der Waals surface area contributed by atoms with E-state index in [-0.39, 0.29) is 25.6 Å². The highest BCUT2D eigenvalue weighted by Gasteiger charge is 2.47. The Morgan fingerprint density at radius 2 is 0.868 bits per heavy atom. The number of esters is 1. The van der Waals surface area contributed by atoms with Crippen LogP contribution in [0.4, 0.5) is 0 Å². The fourth-order valence-electron chi connectivity index (χ4n) is 8.99. The lowest BCUT2D eigenvalue weighted by atomic mass is 9.98. The molecule has 68 heavy (non-hydrogen) atoms. The van der Waals surface area contributed by atoms with E-state index in [4.69, 9.17) is 28.4 Å². The normalized spacial score (nSPS) is 25.9. The van der Waals surface area contributed by atoms with Crippen LogP contribution in [0.1, 0.15) is 226 Å². The number of aliphatic hydroxyl groups excluding tert-OH is 7. The second kappa shape index (κ2) is 42.3. The van der Waals surface area contributed by atoms with E-state index in [0.717, 1.165) is 38.5 Å². The molecule has 0 aromatic heterocycles. The van der Waals surface area contributed by atoms with Gasteiger partial charge in [-0.05, 0) is 38.5 Å². The average Bonchev–Trinajstić information content (AvgIpc) is 3.34. The van der Waals surface area contributed by atoms with Crippen molar-refractivity contribution in [2.24, 2.45) is 0 Å². The first-order chi connectivity index (χ1) is 33.1. The van der Waals surface area contributed by atoms with Gasteiger partial charge in [0, 0.05) is 13.0 Å². The Hall–Kier alpha value is -1.27. The summed E-state index contributed by atoms with van der Waals surface area (Å²) < 4.78 is 34.2. The predicted molar refractivity (Wildman–Crippen MR) is 266 cm³/mol.